The van der Waals surface area contributed by atoms with Crippen molar-refractivity contribution in [1.29, 1.82) is 0 Å². The van der Waals surface area contributed by atoms with Gasteiger partial charge in [-0.15, -0.1) is 0 Å². The molecule has 0 saturated carbocycles. The highest BCUT2D eigenvalue weighted by Gasteiger charge is 2.37. The molecule has 0 bridgehead atoms. The van der Waals surface area contributed by atoms with Gasteiger partial charge in [0, 0.05) is 18.3 Å². The number of rotatable bonds is 9. The number of nitrogens with zero attached hydrogens (tertiary/aromatic N) is 1. The first kappa shape index (κ1) is 16.9. The van der Waals surface area contributed by atoms with Crippen LogP contribution in [-0.4, -0.2) is 29.0 Å². The first-order valence-corrected chi connectivity index (χ1v) is 7.88. The maximum Gasteiger partial charge on any atom is 0.232 e. The Balaban J connectivity index is 2.56. The molecule has 1 heterocycles. The molecule has 0 aromatic rings. The molecule has 1 fully saturated rings. The zero-order chi connectivity index (χ0) is 15.1. The van der Waals surface area contributed by atoms with Gasteiger partial charge in [-0.25, -0.2) is 0 Å². The fourth-order valence-electron chi connectivity index (χ4n) is 2.75. The van der Waals surface area contributed by atoms with Crippen LogP contribution in [0.5, 0.6) is 0 Å². The molecule has 0 radical (unpaired) electrons. The molecule has 1 aliphatic heterocycles. The Morgan fingerprint density at radius 2 is 1.90 bits per heavy atom. The number of imide groups is 1. The van der Waals surface area contributed by atoms with Crippen molar-refractivity contribution < 1.29 is 14.4 Å². The lowest BCUT2D eigenvalue weighted by molar-refractivity contribution is -0.143. The molecular weight excluding hydrogens is 254 g/mol. The number of unbranched alkanes of at least 4 members (excludes halogenated alkanes) is 2. The minimum Gasteiger partial charge on any atom is -0.297 e. The van der Waals surface area contributed by atoms with Gasteiger partial charge in [0.05, 0.1) is 6.54 Å². The van der Waals surface area contributed by atoms with Crippen LogP contribution in [0.4, 0.5) is 0 Å². The van der Waals surface area contributed by atoms with Gasteiger partial charge >= 0.3 is 0 Å². The molecule has 0 aromatic heterocycles. The van der Waals surface area contributed by atoms with E-state index < -0.39 is 0 Å². The van der Waals surface area contributed by atoms with E-state index in [0.717, 1.165) is 43.4 Å². The Morgan fingerprint density at radius 3 is 2.40 bits per heavy atom. The summed E-state index contributed by atoms with van der Waals surface area (Å²) in [4.78, 5) is 37.1. The largest absolute Gasteiger partial charge is 0.297 e. The van der Waals surface area contributed by atoms with Crippen molar-refractivity contribution in [3.05, 3.63) is 0 Å². The van der Waals surface area contributed by atoms with Crippen molar-refractivity contribution in [2.75, 3.05) is 6.54 Å². The number of likely N-dealkylation sites (tertiary alicyclic amines) is 1. The fraction of sp³-hybridized carbons (Fsp3) is 0.812. The molecule has 4 nitrogen and oxygen atoms in total. The van der Waals surface area contributed by atoms with Gasteiger partial charge in [0.2, 0.25) is 11.8 Å². The summed E-state index contributed by atoms with van der Waals surface area (Å²) in [6, 6.07) is 0. The van der Waals surface area contributed by atoms with Gasteiger partial charge in [0.25, 0.3) is 0 Å². The van der Waals surface area contributed by atoms with Crippen molar-refractivity contribution in [3.8, 4) is 0 Å². The Hall–Kier alpha value is -1.19. The molecule has 114 valence electrons. The second kappa shape index (κ2) is 8.18. The minimum absolute atomic E-state index is 0.00283. The number of carbonyl (C=O) groups excluding carboxylic acids is 3. The van der Waals surface area contributed by atoms with E-state index in [4.69, 9.17) is 0 Å². The zero-order valence-corrected chi connectivity index (χ0v) is 13.0. The predicted molar refractivity (Wildman–Crippen MR) is 78.0 cm³/mol. The highest BCUT2D eigenvalue weighted by Crippen LogP contribution is 2.22. The molecule has 1 saturated heterocycles. The lowest BCUT2D eigenvalue weighted by Crippen LogP contribution is -2.37. The van der Waals surface area contributed by atoms with Gasteiger partial charge in [-0.2, -0.15) is 0 Å². The average molecular weight is 281 g/mol. The van der Waals surface area contributed by atoms with E-state index in [9.17, 15) is 14.4 Å². The lowest BCUT2D eigenvalue weighted by atomic mass is 9.92. The average Bonchev–Trinajstić information content (AvgIpc) is 2.64. The van der Waals surface area contributed by atoms with E-state index in [1.165, 1.54) is 0 Å². The van der Waals surface area contributed by atoms with Crippen LogP contribution in [0.1, 0.15) is 65.7 Å². The van der Waals surface area contributed by atoms with E-state index >= 15 is 0 Å². The van der Waals surface area contributed by atoms with E-state index in [1.54, 1.807) is 6.92 Å². The molecule has 2 unspecified atom stereocenters. The van der Waals surface area contributed by atoms with Crippen molar-refractivity contribution in [2.45, 2.75) is 65.7 Å². The van der Waals surface area contributed by atoms with Gasteiger partial charge in [-0.05, 0) is 12.8 Å². The third-order valence-corrected chi connectivity index (χ3v) is 4.03. The first-order chi connectivity index (χ1) is 9.51. The van der Waals surface area contributed by atoms with Gasteiger partial charge in [0.1, 0.15) is 0 Å². The fourth-order valence-corrected chi connectivity index (χ4v) is 2.75. The molecule has 20 heavy (non-hydrogen) atoms. The topological polar surface area (TPSA) is 54.5 Å². The molecule has 1 rings (SSSR count). The number of ketones is 1. The minimum atomic E-state index is -0.264. The summed E-state index contributed by atoms with van der Waals surface area (Å²) < 4.78 is 0. The van der Waals surface area contributed by atoms with Crippen LogP contribution >= 0.6 is 0 Å². The molecule has 0 aliphatic carbocycles. The van der Waals surface area contributed by atoms with Crippen LogP contribution in [0.2, 0.25) is 0 Å². The van der Waals surface area contributed by atoms with Crippen molar-refractivity contribution in [3.63, 3.8) is 0 Å². The quantitative estimate of drug-likeness (QED) is 0.482. The van der Waals surface area contributed by atoms with Gasteiger partial charge < -0.3 is 0 Å². The molecular formula is C16H27NO3. The first-order valence-electron chi connectivity index (χ1n) is 7.88. The molecule has 0 N–H and O–H groups in total. The van der Waals surface area contributed by atoms with E-state index in [0.29, 0.717) is 0 Å². The van der Waals surface area contributed by atoms with Crippen LogP contribution in [0, 0.1) is 11.8 Å². The maximum atomic E-state index is 12.3. The number of hydrogen-bond donors (Lipinski definition) is 0. The number of Topliss-reactive ketones (excluding diaryl/α,β-unsaturated/α-hetero) is 1. The highest BCUT2D eigenvalue weighted by atomic mass is 16.2. The normalized spacial score (nSPS) is 20.6. The molecule has 0 aromatic carbocycles. The van der Waals surface area contributed by atoms with Crippen LogP contribution in [0.15, 0.2) is 0 Å². The smallest absolute Gasteiger partial charge is 0.232 e. The Kier molecular flexibility index (Phi) is 6.89. The molecule has 0 spiro atoms. The van der Waals surface area contributed by atoms with E-state index in [1.807, 2.05) is 0 Å². The monoisotopic (exact) mass is 281 g/mol. The van der Waals surface area contributed by atoms with Crippen molar-refractivity contribution in [1.82, 2.24) is 4.90 Å². The SMILES string of the molecule is CCCCCC(CCC)C(=O)CN1C(=O)CC(C)C1=O. The number of carbonyl (C=O) groups is 3. The summed E-state index contributed by atoms with van der Waals surface area (Å²) >= 11 is 0. The number of hydrogen-bond acceptors (Lipinski definition) is 3. The predicted octanol–water partition coefficient (Wildman–Crippen LogP) is 2.95. The number of amides is 2. The van der Waals surface area contributed by atoms with Gasteiger partial charge in [0.15, 0.2) is 5.78 Å². The van der Waals surface area contributed by atoms with E-state index in [-0.39, 0.29) is 42.4 Å². The molecule has 2 amide bonds. The third-order valence-electron chi connectivity index (χ3n) is 4.03. The summed E-state index contributed by atoms with van der Waals surface area (Å²) in [5.41, 5.74) is 0. The Bertz CT molecular complexity index is 365. The standard InChI is InChI=1S/C16H27NO3/c1-4-6-7-9-13(8-5-2)14(18)11-17-15(19)10-12(3)16(17)20/h12-13H,4-11H2,1-3H3. The Morgan fingerprint density at radius 1 is 1.20 bits per heavy atom. The third kappa shape index (κ3) is 4.43. The maximum absolute atomic E-state index is 12.3. The highest BCUT2D eigenvalue weighted by molar-refractivity contribution is 6.06. The van der Waals surface area contributed by atoms with Gasteiger partial charge in [-0.1, -0.05) is 46.5 Å². The zero-order valence-electron chi connectivity index (χ0n) is 13.0. The summed E-state index contributed by atoms with van der Waals surface area (Å²) in [6.45, 7) is 5.93. The summed E-state index contributed by atoms with van der Waals surface area (Å²) in [7, 11) is 0. The van der Waals surface area contributed by atoms with Crippen LogP contribution < -0.4 is 0 Å². The Labute approximate surface area is 121 Å². The van der Waals surface area contributed by atoms with Crippen LogP contribution in [-0.2, 0) is 14.4 Å². The van der Waals surface area contributed by atoms with Crippen LogP contribution in [0.25, 0.3) is 0 Å². The van der Waals surface area contributed by atoms with E-state index in [2.05, 4.69) is 13.8 Å². The van der Waals surface area contributed by atoms with Gasteiger partial charge in [-0.3, -0.25) is 19.3 Å². The molecule has 4 heteroatoms. The van der Waals surface area contributed by atoms with Crippen LogP contribution in [0.3, 0.4) is 0 Å². The summed E-state index contributed by atoms with van der Waals surface area (Å²) in [5, 5.41) is 0. The summed E-state index contributed by atoms with van der Waals surface area (Å²) in [5.74, 6) is -0.589. The summed E-state index contributed by atoms with van der Waals surface area (Å²) in [6.07, 6.45) is 6.26. The molecule has 1 aliphatic rings. The second-order valence-corrected chi connectivity index (χ2v) is 5.87. The second-order valence-electron chi connectivity index (χ2n) is 5.87. The lowest BCUT2D eigenvalue weighted by Gasteiger charge is -2.19. The molecule has 2 atom stereocenters. The van der Waals surface area contributed by atoms with Crippen molar-refractivity contribution >= 4 is 17.6 Å². The van der Waals surface area contributed by atoms with Crippen molar-refractivity contribution in [2.24, 2.45) is 11.8 Å².